The minimum Gasteiger partial charge on any atom is -0.434 e. The van der Waals surface area contributed by atoms with Gasteiger partial charge in [0.05, 0.1) is 6.61 Å². The highest BCUT2D eigenvalue weighted by molar-refractivity contribution is 5.60. The Morgan fingerprint density at radius 3 is 2.56 bits per heavy atom. The lowest BCUT2D eigenvalue weighted by Crippen LogP contribution is -2.21. The first-order valence-corrected chi connectivity index (χ1v) is 6.66. The second-order valence-electron chi connectivity index (χ2n) is 4.54. The van der Waals surface area contributed by atoms with E-state index in [2.05, 4.69) is 6.92 Å². The van der Waals surface area contributed by atoms with Crippen LogP contribution in [-0.4, -0.2) is 18.9 Å². The standard InChI is InChI=1S/C13H24O3/c1-2-3-4-8-11-15-13(14)16-12-9-6-5-7-10-12/h12H,2-11H2,1H3. The number of carbonyl (C=O) groups excluding carboxylic acids is 1. The third-order valence-corrected chi connectivity index (χ3v) is 3.03. The zero-order valence-electron chi connectivity index (χ0n) is 10.4. The first kappa shape index (κ1) is 13.3. The highest BCUT2D eigenvalue weighted by Gasteiger charge is 2.18. The summed E-state index contributed by atoms with van der Waals surface area (Å²) in [5.41, 5.74) is 0. The van der Waals surface area contributed by atoms with Crippen molar-refractivity contribution in [3.63, 3.8) is 0 Å². The maximum Gasteiger partial charge on any atom is 0.508 e. The van der Waals surface area contributed by atoms with Crippen LogP contribution in [0.15, 0.2) is 0 Å². The van der Waals surface area contributed by atoms with Gasteiger partial charge >= 0.3 is 6.16 Å². The van der Waals surface area contributed by atoms with E-state index in [4.69, 9.17) is 9.47 Å². The zero-order chi connectivity index (χ0) is 11.6. The molecule has 0 aliphatic heterocycles. The molecule has 0 bridgehead atoms. The van der Waals surface area contributed by atoms with Crippen molar-refractivity contribution in [2.75, 3.05) is 6.61 Å². The molecule has 3 nitrogen and oxygen atoms in total. The van der Waals surface area contributed by atoms with Crippen molar-refractivity contribution >= 4 is 6.16 Å². The molecule has 0 aromatic carbocycles. The fraction of sp³-hybridized carbons (Fsp3) is 0.923. The van der Waals surface area contributed by atoms with Crippen LogP contribution in [0.25, 0.3) is 0 Å². The molecule has 1 aliphatic rings. The fourth-order valence-corrected chi connectivity index (χ4v) is 2.04. The van der Waals surface area contributed by atoms with E-state index in [1.807, 2.05) is 0 Å². The maximum atomic E-state index is 11.3. The van der Waals surface area contributed by atoms with Gasteiger partial charge in [0.2, 0.25) is 0 Å². The lowest BCUT2D eigenvalue weighted by atomic mass is 9.98. The van der Waals surface area contributed by atoms with Gasteiger partial charge in [0.1, 0.15) is 6.10 Å². The molecular formula is C13H24O3. The van der Waals surface area contributed by atoms with Crippen molar-refractivity contribution in [1.29, 1.82) is 0 Å². The Labute approximate surface area is 98.5 Å². The second-order valence-corrected chi connectivity index (χ2v) is 4.54. The largest absolute Gasteiger partial charge is 0.508 e. The molecule has 0 aromatic heterocycles. The SMILES string of the molecule is CCCCCCOC(=O)OC1CCCCC1. The lowest BCUT2D eigenvalue weighted by Gasteiger charge is -2.21. The van der Waals surface area contributed by atoms with Gasteiger partial charge in [0.15, 0.2) is 0 Å². The lowest BCUT2D eigenvalue weighted by molar-refractivity contribution is 0.0106. The number of ether oxygens (including phenoxy) is 2. The number of rotatable bonds is 6. The summed E-state index contributed by atoms with van der Waals surface area (Å²) in [4.78, 5) is 11.3. The van der Waals surface area contributed by atoms with Crippen molar-refractivity contribution in [3.05, 3.63) is 0 Å². The van der Waals surface area contributed by atoms with Gasteiger partial charge in [-0.2, -0.15) is 0 Å². The van der Waals surface area contributed by atoms with Crippen molar-refractivity contribution < 1.29 is 14.3 Å². The fourth-order valence-electron chi connectivity index (χ4n) is 2.04. The Kier molecular flexibility index (Phi) is 7.02. The van der Waals surface area contributed by atoms with E-state index in [9.17, 15) is 4.79 Å². The van der Waals surface area contributed by atoms with Crippen LogP contribution in [0.4, 0.5) is 4.79 Å². The van der Waals surface area contributed by atoms with E-state index in [1.54, 1.807) is 0 Å². The van der Waals surface area contributed by atoms with E-state index in [1.165, 1.54) is 32.1 Å². The van der Waals surface area contributed by atoms with Gasteiger partial charge in [0.25, 0.3) is 0 Å². The van der Waals surface area contributed by atoms with Gasteiger partial charge in [-0.05, 0) is 32.1 Å². The predicted octanol–water partition coefficient (Wildman–Crippen LogP) is 4.05. The van der Waals surface area contributed by atoms with Crippen LogP contribution >= 0.6 is 0 Å². The van der Waals surface area contributed by atoms with E-state index in [0.717, 1.165) is 25.7 Å². The Balaban J connectivity index is 1.97. The molecule has 1 rings (SSSR count). The molecule has 1 aliphatic carbocycles. The van der Waals surface area contributed by atoms with Crippen LogP contribution in [0.2, 0.25) is 0 Å². The Morgan fingerprint density at radius 1 is 1.12 bits per heavy atom. The summed E-state index contributed by atoms with van der Waals surface area (Å²) in [6.45, 7) is 2.67. The molecule has 0 aromatic rings. The highest BCUT2D eigenvalue weighted by atomic mass is 16.7. The molecule has 16 heavy (non-hydrogen) atoms. The maximum absolute atomic E-state index is 11.3. The number of unbranched alkanes of at least 4 members (excludes halogenated alkanes) is 3. The molecule has 3 heteroatoms. The molecular weight excluding hydrogens is 204 g/mol. The van der Waals surface area contributed by atoms with Gasteiger partial charge in [-0.25, -0.2) is 4.79 Å². The average molecular weight is 228 g/mol. The number of hydrogen-bond acceptors (Lipinski definition) is 3. The van der Waals surface area contributed by atoms with Crippen LogP contribution in [0.3, 0.4) is 0 Å². The summed E-state index contributed by atoms with van der Waals surface area (Å²) >= 11 is 0. The van der Waals surface area contributed by atoms with Crippen LogP contribution in [0.5, 0.6) is 0 Å². The van der Waals surface area contributed by atoms with Gasteiger partial charge < -0.3 is 9.47 Å². The van der Waals surface area contributed by atoms with Gasteiger partial charge in [0, 0.05) is 0 Å². The van der Waals surface area contributed by atoms with Crippen LogP contribution in [0, 0.1) is 0 Å². The van der Waals surface area contributed by atoms with E-state index in [-0.39, 0.29) is 6.10 Å². The molecule has 1 fully saturated rings. The average Bonchev–Trinajstić information content (AvgIpc) is 2.30. The summed E-state index contributed by atoms with van der Waals surface area (Å²) in [5, 5.41) is 0. The molecule has 0 saturated heterocycles. The molecule has 0 atom stereocenters. The van der Waals surface area contributed by atoms with E-state index in [0.29, 0.717) is 6.61 Å². The summed E-state index contributed by atoms with van der Waals surface area (Å²) in [7, 11) is 0. The molecule has 0 N–H and O–H groups in total. The van der Waals surface area contributed by atoms with Gasteiger partial charge in [-0.3, -0.25) is 0 Å². The molecule has 0 radical (unpaired) electrons. The molecule has 94 valence electrons. The van der Waals surface area contributed by atoms with E-state index >= 15 is 0 Å². The smallest absolute Gasteiger partial charge is 0.434 e. The highest BCUT2D eigenvalue weighted by Crippen LogP contribution is 2.20. The third-order valence-electron chi connectivity index (χ3n) is 3.03. The predicted molar refractivity (Wildman–Crippen MR) is 63.4 cm³/mol. The van der Waals surface area contributed by atoms with Crippen LogP contribution in [0.1, 0.15) is 64.7 Å². The zero-order valence-corrected chi connectivity index (χ0v) is 10.4. The van der Waals surface area contributed by atoms with Crippen molar-refractivity contribution in [2.24, 2.45) is 0 Å². The van der Waals surface area contributed by atoms with Crippen LogP contribution in [-0.2, 0) is 9.47 Å². The van der Waals surface area contributed by atoms with Gasteiger partial charge in [-0.15, -0.1) is 0 Å². The summed E-state index contributed by atoms with van der Waals surface area (Å²) in [5.74, 6) is 0. The summed E-state index contributed by atoms with van der Waals surface area (Å²) < 4.78 is 10.3. The Morgan fingerprint density at radius 2 is 1.88 bits per heavy atom. The quantitative estimate of drug-likeness (QED) is 0.508. The minimum absolute atomic E-state index is 0.108. The second kappa shape index (κ2) is 8.43. The minimum atomic E-state index is -0.469. The monoisotopic (exact) mass is 228 g/mol. The molecule has 0 unspecified atom stereocenters. The number of hydrogen-bond donors (Lipinski definition) is 0. The number of carbonyl (C=O) groups is 1. The summed E-state index contributed by atoms with van der Waals surface area (Å²) in [6, 6.07) is 0. The van der Waals surface area contributed by atoms with Crippen LogP contribution < -0.4 is 0 Å². The normalized spacial score (nSPS) is 17.1. The van der Waals surface area contributed by atoms with Crippen molar-refractivity contribution in [2.45, 2.75) is 70.8 Å². The first-order valence-electron chi connectivity index (χ1n) is 6.66. The molecule has 0 spiro atoms. The Bertz CT molecular complexity index is 186. The van der Waals surface area contributed by atoms with Gasteiger partial charge in [-0.1, -0.05) is 32.6 Å². The topological polar surface area (TPSA) is 35.5 Å². The molecule has 0 amide bonds. The molecule has 1 saturated carbocycles. The third kappa shape index (κ3) is 5.99. The summed E-state index contributed by atoms with van der Waals surface area (Å²) in [6.07, 6.45) is 9.76. The van der Waals surface area contributed by atoms with Crippen molar-refractivity contribution in [1.82, 2.24) is 0 Å². The molecule has 0 heterocycles. The van der Waals surface area contributed by atoms with E-state index < -0.39 is 6.16 Å². The Hall–Kier alpha value is -0.730. The first-order chi connectivity index (χ1) is 7.83. The van der Waals surface area contributed by atoms with Crippen molar-refractivity contribution in [3.8, 4) is 0 Å².